The summed E-state index contributed by atoms with van der Waals surface area (Å²) in [5, 5.41) is 12.3. The summed E-state index contributed by atoms with van der Waals surface area (Å²) in [4.78, 5) is 0. The third kappa shape index (κ3) is 3.78. The Hall–Kier alpha value is -6.00. The molecule has 0 aliphatic rings. The minimum Gasteiger partial charge on any atom is -0.355 e. The van der Waals surface area contributed by atoms with Crippen molar-refractivity contribution in [2.45, 2.75) is 0 Å². The Balaban J connectivity index is 1.17. The monoisotopic (exact) mass is 564 g/mol. The SMILES string of the molecule is c1ccc(-n2c3ccccc3c3ccc(Nc4ccccc4-c4ccccc4-n4[nH]c5ccc6ccccc6c54)cc32)cc1. The maximum absolute atomic E-state index is 3.78. The van der Waals surface area contributed by atoms with Crippen LogP contribution in [0.2, 0.25) is 0 Å². The van der Waals surface area contributed by atoms with Gasteiger partial charge in [0.2, 0.25) is 0 Å². The Labute approximate surface area is 254 Å². The van der Waals surface area contributed by atoms with Gasteiger partial charge in [0.15, 0.2) is 0 Å². The van der Waals surface area contributed by atoms with Crippen molar-refractivity contribution < 1.29 is 0 Å². The minimum absolute atomic E-state index is 1.04. The lowest BCUT2D eigenvalue weighted by Gasteiger charge is -2.22. The van der Waals surface area contributed by atoms with Crippen molar-refractivity contribution in [3.8, 4) is 22.5 Å². The lowest BCUT2D eigenvalue weighted by molar-refractivity contribution is 0.876. The lowest BCUT2D eigenvalue weighted by Crippen LogP contribution is -2.10. The molecule has 0 amide bonds. The Bertz CT molecular complexity index is 2480. The number of H-pyrrole nitrogens is 1. The number of nitrogens with one attached hydrogen (secondary N) is 2. The van der Waals surface area contributed by atoms with Gasteiger partial charge < -0.3 is 9.88 Å². The smallest absolute Gasteiger partial charge is 0.0958 e. The molecule has 9 aromatic rings. The number of aromatic nitrogens is 3. The van der Waals surface area contributed by atoms with Crippen LogP contribution in [-0.4, -0.2) is 14.3 Å². The summed E-state index contributed by atoms with van der Waals surface area (Å²) in [6, 6.07) is 56.0. The first-order chi connectivity index (χ1) is 21.8. The average Bonchev–Trinajstić information content (AvgIpc) is 3.39. The van der Waals surface area contributed by atoms with E-state index in [2.05, 4.69) is 177 Å². The number of hydrogen-bond acceptors (Lipinski definition) is 1. The number of rotatable bonds is 5. The number of hydrogen-bond donors (Lipinski definition) is 2. The van der Waals surface area contributed by atoms with E-state index in [0.717, 1.165) is 39.4 Å². The van der Waals surface area contributed by atoms with Crippen molar-refractivity contribution in [2.75, 3.05) is 5.32 Å². The second-order valence-electron chi connectivity index (χ2n) is 11.2. The molecule has 0 unspecified atom stereocenters. The van der Waals surface area contributed by atoms with Crippen LogP contribution in [0.1, 0.15) is 0 Å². The molecule has 7 aromatic carbocycles. The fourth-order valence-corrected chi connectivity index (χ4v) is 6.67. The molecule has 2 aromatic heterocycles. The molecule has 0 saturated heterocycles. The van der Waals surface area contributed by atoms with Crippen molar-refractivity contribution >= 4 is 55.0 Å². The molecule has 0 aliphatic carbocycles. The fraction of sp³-hybridized carbons (Fsp3) is 0. The first kappa shape index (κ1) is 24.6. The first-order valence-electron chi connectivity index (χ1n) is 15.0. The summed E-state index contributed by atoms with van der Waals surface area (Å²) in [6.45, 7) is 0. The summed E-state index contributed by atoms with van der Waals surface area (Å²) in [6.07, 6.45) is 0. The molecular formula is C40H28N4. The molecule has 0 bridgehead atoms. The molecule has 44 heavy (non-hydrogen) atoms. The van der Waals surface area contributed by atoms with Gasteiger partial charge in [-0.2, -0.15) is 0 Å². The Morgan fingerprint density at radius 1 is 0.500 bits per heavy atom. The number of aromatic amines is 1. The first-order valence-corrected chi connectivity index (χ1v) is 15.0. The lowest BCUT2D eigenvalue weighted by atomic mass is 10.0. The third-order valence-electron chi connectivity index (χ3n) is 8.69. The number of fused-ring (bicyclic) bond motifs is 6. The number of anilines is 2. The van der Waals surface area contributed by atoms with E-state index in [-0.39, 0.29) is 0 Å². The summed E-state index contributed by atoms with van der Waals surface area (Å²) in [5.74, 6) is 0. The Morgan fingerprint density at radius 2 is 1.20 bits per heavy atom. The van der Waals surface area contributed by atoms with E-state index in [1.807, 2.05) is 0 Å². The van der Waals surface area contributed by atoms with Gasteiger partial charge in [-0.1, -0.05) is 109 Å². The van der Waals surface area contributed by atoms with E-state index in [1.54, 1.807) is 0 Å². The number of nitrogens with zero attached hydrogens (tertiary/aromatic N) is 2. The Kier molecular flexibility index (Phi) is 5.47. The molecule has 0 atom stereocenters. The van der Waals surface area contributed by atoms with Crippen LogP contribution >= 0.6 is 0 Å². The molecule has 4 nitrogen and oxygen atoms in total. The average molecular weight is 565 g/mol. The van der Waals surface area contributed by atoms with Gasteiger partial charge in [0, 0.05) is 44.3 Å². The van der Waals surface area contributed by atoms with Crippen molar-refractivity contribution in [1.29, 1.82) is 0 Å². The second-order valence-corrected chi connectivity index (χ2v) is 11.2. The summed E-state index contributed by atoms with van der Waals surface area (Å²) >= 11 is 0. The van der Waals surface area contributed by atoms with Gasteiger partial charge in [0.25, 0.3) is 0 Å². The van der Waals surface area contributed by atoms with Gasteiger partial charge in [-0.15, -0.1) is 0 Å². The maximum atomic E-state index is 3.78. The molecular weight excluding hydrogens is 536 g/mol. The van der Waals surface area contributed by atoms with Crippen LogP contribution in [0.4, 0.5) is 11.4 Å². The normalized spacial score (nSPS) is 11.6. The van der Waals surface area contributed by atoms with Crippen LogP contribution in [0.15, 0.2) is 158 Å². The van der Waals surface area contributed by atoms with Crippen LogP contribution < -0.4 is 5.32 Å². The third-order valence-corrected chi connectivity index (χ3v) is 8.69. The summed E-state index contributed by atoms with van der Waals surface area (Å²) < 4.78 is 4.57. The van der Waals surface area contributed by atoms with Crippen LogP contribution in [0.25, 0.3) is 66.1 Å². The van der Waals surface area contributed by atoms with Gasteiger partial charge in [-0.05, 0) is 53.9 Å². The topological polar surface area (TPSA) is 37.7 Å². The highest BCUT2D eigenvalue weighted by Crippen LogP contribution is 2.39. The standard InChI is InChI=1S/C40H28N4/c1-2-13-29(14-3-1)43-37-20-10-7-18-33(37)34-24-23-28(26-39(34)43)41-35-19-9-6-16-31(35)32-17-8-11-21-38(32)44-40-30-15-5-4-12-27(30)22-25-36(40)42-44/h1-26,41-42H. The van der Waals surface area contributed by atoms with Crippen molar-refractivity contribution in [1.82, 2.24) is 14.3 Å². The van der Waals surface area contributed by atoms with E-state index in [1.165, 1.54) is 38.1 Å². The minimum atomic E-state index is 1.04. The van der Waals surface area contributed by atoms with Crippen molar-refractivity contribution in [2.24, 2.45) is 0 Å². The highest BCUT2D eigenvalue weighted by molar-refractivity contribution is 6.10. The molecule has 2 heterocycles. The quantitative estimate of drug-likeness (QED) is 0.214. The fourth-order valence-electron chi connectivity index (χ4n) is 6.67. The largest absolute Gasteiger partial charge is 0.355 e. The molecule has 0 aliphatic heterocycles. The molecule has 0 radical (unpaired) electrons. The molecule has 0 spiro atoms. The zero-order chi connectivity index (χ0) is 29.0. The highest BCUT2D eigenvalue weighted by Gasteiger charge is 2.17. The maximum Gasteiger partial charge on any atom is 0.0958 e. The summed E-state index contributed by atoms with van der Waals surface area (Å²) in [5.41, 5.74) is 11.4. The molecule has 9 rings (SSSR count). The molecule has 4 heteroatoms. The predicted octanol–water partition coefficient (Wildman–Crippen LogP) is 10.6. The predicted molar refractivity (Wildman–Crippen MR) is 185 cm³/mol. The van der Waals surface area contributed by atoms with E-state index < -0.39 is 0 Å². The van der Waals surface area contributed by atoms with Gasteiger partial charge in [0.1, 0.15) is 0 Å². The van der Waals surface area contributed by atoms with Crippen LogP contribution in [0, 0.1) is 0 Å². The van der Waals surface area contributed by atoms with E-state index in [4.69, 9.17) is 0 Å². The van der Waals surface area contributed by atoms with Crippen LogP contribution in [0.3, 0.4) is 0 Å². The molecule has 208 valence electrons. The number of benzene rings is 7. The molecule has 0 saturated carbocycles. The highest BCUT2D eigenvalue weighted by atomic mass is 15.3. The van der Waals surface area contributed by atoms with E-state index in [9.17, 15) is 0 Å². The zero-order valence-corrected chi connectivity index (χ0v) is 23.9. The summed E-state index contributed by atoms with van der Waals surface area (Å²) in [7, 11) is 0. The van der Waals surface area contributed by atoms with Gasteiger partial charge in [0.05, 0.1) is 27.8 Å². The molecule has 0 fully saturated rings. The molecule has 2 N–H and O–H groups in total. The van der Waals surface area contributed by atoms with Crippen LogP contribution in [0.5, 0.6) is 0 Å². The van der Waals surface area contributed by atoms with E-state index >= 15 is 0 Å². The second kappa shape index (κ2) is 9.79. The van der Waals surface area contributed by atoms with Gasteiger partial charge >= 0.3 is 0 Å². The Morgan fingerprint density at radius 3 is 2.11 bits per heavy atom. The van der Waals surface area contributed by atoms with Crippen molar-refractivity contribution in [3.63, 3.8) is 0 Å². The zero-order valence-electron chi connectivity index (χ0n) is 23.9. The number of para-hydroxylation sites is 4. The van der Waals surface area contributed by atoms with Gasteiger partial charge in [-0.25, -0.2) is 0 Å². The van der Waals surface area contributed by atoms with Crippen molar-refractivity contribution in [3.05, 3.63) is 158 Å². The van der Waals surface area contributed by atoms with E-state index in [0.29, 0.717) is 0 Å². The van der Waals surface area contributed by atoms with Crippen LogP contribution in [-0.2, 0) is 0 Å². The van der Waals surface area contributed by atoms with Gasteiger partial charge in [-0.3, -0.25) is 9.78 Å².